The van der Waals surface area contributed by atoms with Crippen molar-refractivity contribution in [2.75, 3.05) is 31.1 Å². The van der Waals surface area contributed by atoms with Crippen LogP contribution in [0.15, 0.2) is 12.3 Å². The number of hydrogen-bond acceptors (Lipinski definition) is 5. The Morgan fingerprint density at radius 2 is 2.04 bits per heavy atom. The van der Waals surface area contributed by atoms with Crippen LogP contribution in [0.25, 0.3) is 5.57 Å². The molecule has 0 aromatic carbocycles. The lowest BCUT2D eigenvalue weighted by Crippen LogP contribution is -2.38. The molecular formula is C23H35N3O2. The van der Waals surface area contributed by atoms with Crippen molar-refractivity contribution in [3.8, 4) is 0 Å². The zero-order valence-electron chi connectivity index (χ0n) is 18.1. The van der Waals surface area contributed by atoms with Gasteiger partial charge in [-0.2, -0.15) is 0 Å². The molecule has 2 aliphatic heterocycles. The number of rotatable bonds is 5. The topological polar surface area (TPSA) is 54.5 Å². The lowest BCUT2D eigenvalue weighted by molar-refractivity contribution is -0.146. The molecule has 1 aromatic heterocycles. The molecule has 0 amide bonds. The van der Waals surface area contributed by atoms with Gasteiger partial charge in [0.15, 0.2) is 0 Å². The molecule has 0 saturated carbocycles. The molecule has 2 aliphatic rings. The first-order chi connectivity index (χ1) is 13.3. The van der Waals surface area contributed by atoms with Gasteiger partial charge in [-0.3, -0.25) is 9.78 Å². The van der Waals surface area contributed by atoms with E-state index in [1.807, 2.05) is 27.0 Å². The summed E-state index contributed by atoms with van der Waals surface area (Å²) in [5.41, 5.74) is 6.07. The number of nitrogens with one attached hydrogen (secondary N) is 1. The largest absolute Gasteiger partial charge is 0.463 e. The van der Waals surface area contributed by atoms with Gasteiger partial charge in [0.2, 0.25) is 0 Å². The highest BCUT2D eigenvalue weighted by atomic mass is 16.5. The average Bonchev–Trinajstić information content (AvgIpc) is 2.64. The predicted octanol–water partition coefficient (Wildman–Crippen LogP) is 3.89. The second-order valence-corrected chi connectivity index (χ2v) is 9.13. The first-order valence-corrected chi connectivity index (χ1v) is 10.6. The van der Waals surface area contributed by atoms with Gasteiger partial charge in [0.05, 0.1) is 18.2 Å². The van der Waals surface area contributed by atoms with Crippen molar-refractivity contribution in [1.29, 1.82) is 0 Å². The molecule has 0 unspecified atom stereocenters. The average molecular weight is 386 g/mol. The molecule has 5 nitrogen and oxygen atoms in total. The van der Waals surface area contributed by atoms with Crippen LogP contribution in [0.2, 0.25) is 0 Å². The summed E-state index contributed by atoms with van der Waals surface area (Å²) >= 11 is 0. The van der Waals surface area contributed by atoms with E-state index in [1.165, 1.54) is 16.8 Å². The number of anilines is 1. The third-order valence-electron chi connectivity index (χ3n) is 5.90. The Morgan fingerprint density at radius 1 is 1.32 bits per heavy atom. The summed E-state index contributed by atoms with van der Waals surface area (Å²) in [6.07, 6.45) is 7.77. The van der Waals surface area contributed by atoms with Gasteiger partial charge in [-0.05, 0) is 57.6 Å². The first kappa shape index (κ1) is 20.8. The highest BCUT2D eigenvalue weighted by Crippen LogP contribution is 2.39. The Balaban J connectivity index is 2.01. The molecule has 1 saturated heterocycles. The minimum Gasteiger partial charge on any atom is -0.463 e. The molecule has 28 heavy (non-hydrogen) atoms. The number of pyridine rings is 1. The normalized spacial score (nSPS) is 19.5. The van der Waals surface area contributed by atoms with E-state index < -0.39 is 0 Å². The van der Waals surface area contributed by atoms with Gasteiger partial charge in [-0.15, -0.1) is 0 Å². The quantitative estimate of drug-likeness (QED) is 0.780. The molecular weight excluding hydrogens is 350 g/mol. The molecule has 0 atom stereocenters. The first-order valence-electron chi connectivity index (χ1n) is 10.6. The molecule has 154 valence electrons. The van der Waals surface area contributed by atoms with Gasteiger partial charge in [0.1, 0.15) is 0 Å². The van der Waals surface area contributed by atoms with Crippen molar-refractivity contribution in [2.24, 2.45) is 5.41 Å². The summed E-state index contributed by atoms with van der Waals surface area (Å²) in [7, 11) is 0. The number of ether oxygens (including phenoxy) is 1. The van der Waals surface area contributed by atoms with Crippen LogP contribution >= 0.6 is 0 Å². The highest BCUT2D eigenvalue weighted by Gasteiger charge is 2.30. The fourth-order valence-electron chi connectivity index (χ4n) is 4.09. The number of hydrogen-bond donors (Lipinski definition) is 1. The predicted molar refractivity (Wildman–Crippen MR) is 115 cm³/mol. The van der Waals surface area contributed by atoms with Gasteiger partial charge in [-0.1, -0.05) is 19.9 Å². The number of carbonyl (C=O) groups is 1. The van der Waals surface area contributed by atoms with Crippen LogP contribution < -0.4 is 10.2 Å². The molecule has 1 N–H and O–H groups in total. The minimum atomic E-state index is -0.171. The van der Waals surface area contributed by atoms with Gasteiger partial charge < -0.3 is 15.0 Å². The van der Waals surface area contributed by atoms with Crippen LogP contribution in [0.4, 0.5) is 5.69 Å². The van der Waals surface area contributed by atoms with Gasteiger partial charge in [0, 0.05) is 42.7 Å². The lowest BCUT2D eigenvalue weighted by Gasteiger charge is -2.40. The van der Waals surface area contributed by atoms with Crippen molar-refractivity contribution in [3.05, 3.63) is 29.1 Å². The third kappa shape index (κ3) is 4.93. The Hall–Kier alpha value is -1.88. The fourth-order valence-corrected chi connectivity index (χ4v) is 4.09. The van der Waals surface area contributed by atoms with Crippen molar-refractivity contribution in [1.82, 2.24) is 10.3 Å². The smallest absolute Gasteiger partial charge is 0.310 e. The maximum Gasteiger partial charge on any atom is 0.310 e. The zero-order chi connectivity index (χ0) is 20.3. The Labute approximate surface area is 169 Å². The third-order valence-corrected chi connectivity index (χ3v) is 5.90. The van der Waals surface area contributed by atoms with Crippen LogP contribution in [-0.2, 0) is 16.0 Å². The van der Waals surface area contributed by atoms with Gasteiger partial charge in [0.25, 0.3) is 0 Å². The molecule has 3 heterocycles. The second kappa shape index (κ2) is 8.64. The van der Waals surface area contributed by atoms with Crippen LogP contribution in [0.5, 0.6) is 0 Å². The summed E-state index contributed by atoms with van der Waals surface area (Å²) in [4.78, 5) is 19.7. The van der Waals surface area contributed by atoms with E-state index in [0.717, 1.165) is 56.7 Å². The molecule has 0 bridgehead atoms. The van der Waals surface area contributed by atoms with Gasteiger partial charge in [-0.25, -0.2) is 0 Å². The minimum absolute atomic E-state index is 0.102. The lowest BCUT2D eigenvalue weighted by atomic mass is 9.82. The molecule has 0 spiro atoms. The Bertz CT molecular complexity index is 742. The van der Waals surface area contributed by atoms with E-state index in [-0.39, 0.29) is 18.5 Å². The van der Waals surface area contributed by atoms with Crippen molar-refractivity contribution < 1.29 is 9.53 Å². The van der Waals surface area contributed by atoms with E-state index in [2.05, 4.69) is 35.1 Å². The SMILES string of the molecule is Cc1ncc(C2=CCNCC2)c(N2CCC(C)(C)CC2)c1CC(=O)OC(C)C. The van der Waals surface area contributed by atoms with Crippen LogP contribution in [-0.4, -0.2) is 43.2 Å². The van der Waals surface area contributed by atoms with E-state index in [9.17, 15) is 4.79 Å². The summed E-state index contributed by atoms with van der Waals surface area (Å²) < 4.78 is 5.46. The number of nitrogens with zero attached hydrogens (tertiary/aromatic N) is 2. The van der Waals surface area contributed by atoms with E-state index in [4.69, 9.17) is 4.74 Å². The van der Waals surface area contributed by atoms with E-state index in [0.29, 0.717) is 5.41 Å². The van der Waals surface area contributed by atoms with Crippen LogP contribution in [0, 0.1) is 12.3 Å². The monoisotopic (exact) mass is 385 g/mol. The van der Waals surface area contributed by atoms with Crippen molar-refractivity contribution in [3.63, 3.8) is 0 Å². The van der Waals surface area contributed by atoms with Crippen molar-refractivity contribution in [2.45, 2.75) is 66.4 Å². The number of piperidine rings is 1. The van der Waals surface area contributed by atoms with Gasteiger partial charge >= 0.3 is 5.97 Å². The highest BCUT2D eigenvalue weighted by molar-refractivity contribution is 5.83. The Morgan fingerprint density at radius 3 is 2.64 bits per heavy atom. The second-order valence-electron chi connectivity index (χ2n) is 9.13. The number of carbonyl (C=O) groups excluding carboxylic acids is 1. The standard InChI is InChI=1S/C23H35N3O2/c1-16(2)28-21(27)14-19-17(3)25-15-20(18-6-10-24-11-7-18)22(19)26-12-8-23(4,5)9-13-26/h6,15-16,24H,7-14H2,1-5H3. The summed E-state index contributed by atoms with van der Waals surface area (Å²) in [6.45, 7) is 14.4. The van der Waals surface area contributed by atoms with Crippen LogP contribution in [0.1, 0.15) is 63.8 Å². The molecule has 5 heteroatoms. The number of aromatic nitrogens is 1. The molecule has 1 fully saturated rings. The van der Waals surface area contributed by atoms with Crippen LogP contribution in [0.3, 0.4) is 0 Å². The maximum atomic E-state index is 12.5. The molecule has 3 rings (SSSR count). The van der Waals surface area contributed by atoms with Crippen molar-refractivity contribution >= 4 is 17.2 Å². The molecule has 0 aliphatic carbocycles. The number of aryl methyl sites for hydroxylation is 1. The maximum absolute atomic E-state index is 12.5. The summed E-state index contributed by atoms with van der Waals surface area (Å²) in [5, 5.41) is 3.39. The Kier molecular flexibility index (Phi) is 6.43. The molecule has 1 aromatic rings. The number of esters is 1. The van der Waals surface area contributed by atoms with E-state index >= 15 is 0 Å². The summed E-state index contributed by atoms with van der Waals surface area (Å²) in [6, 6.07) is 0. The molecule has 0 radical (unpaired) electrons. The summed E-state index contributed by atoms with van der Waals surface area (Å²) in [5.74, 6) is -0.171. The fraction of sp³-hybridized carbons (Fsp3) is 0.652. The van der Waals surface area contributed by atoms with E-state index in [1.54, 1.807) is 0 Å². The zero-order valence-corrected chi connectivity index (χ0v) is 18.1.